The molecule has 0 heterocycles. The second-order valence-electron chi connectivity index (χ2n) is 3.94. The first-order valence-corrected chi connectivity index (χ1v) is 7.75. The normalized spacial score (nSPS) is 11.8. The van der Waals surface area contributed by atoms with Crippen molar-refractivity contribution in [2.24, 2.45) is 0 Å². The van der Waals surface area contributed by atoms with Crippen molar-refractivity contribution < 1.29 is 12.8 Å². The summed E-state index contributed by atoms with van der Waals surface area (Å²) in [6.45, 7) is 3.46. The average Bonchev–Trinajstić information content (AvgIpc) is 2.22. The zero-order valence-corrected chi connectivity index (χ0v) is 12.1. The summed E-state index contributed by atoms with van der Waals surface area (Å²) in [5, 5.41) is 2.38. The Labute approximate surface area is 109 Å². The molecule has 96 valence electrons. The molecule has 0 aliphatic heterocycles. The Morgan fingerprint density at radius 3 is 2.59 bits per heavy atom. The van der Waals surface area contributed by atoms with Gasteiger partial charge in [0.05, 0.1) is 16.7 Å². The van der Waals surface area contributed by atoms with Crippen LogP contribution in [0.4, 0.5) is 10.1 Å². The largest absolute Gasteiger partial charge is 0.381 e. The molecular weight excluding hydrogens is 309 g/mol. The van der Waals surface area contributed by atoms with Gasteiger partial charge < -0.3 is 5.32 Å². The van der Waals surface area contributed by atoms with Crippen LogP contribution in [0.5, 0.6) is 0 Å². The Bertz CT molecular complexity index is 468. The van der Waals surface area contributed by atoms with Gasteiger partial charge in [0.15, 0.2) is 9.84 Å². The lowest BCUT2D eigenvalue weighted by Gasteiger charge is -2.11. The topological polar surface area (TPSA) is 46.2 Å². The lowest BCUT2D eigenvalue weighted by atomic mass is 10.3. The quantitative estimate of drug-likeness (QED) is 0.906. The molecule has 0 unspecified atom stereocenters. The molecule has 0 bridgehead atoms. The third-order valence-electron chi connectivity index (χ3n) is 2.37. The summed E-state index contributed by atoms with van der Waals surface area (Å²) >= 11 is 3.20. The fourth-order valence-electron chi connectivity index (χ4n) is 1.22. The van der Waals surface area contributed by atoms with E-state index < -0.39 is 20.9 Å². The van der Waals surface area contributed by atoms with E-state index in [9.17, 15) is 12.8 Å². The maximum atomic E-state index is 13.4. The molecule has 0 saturated heterocycles. The summed E-state index contributed by atoms with van der Waals surface area (Å²) in [6, 6.07) is 4.60. The number of hydrogen-bond acceptors (Lipinski definition) is 3. The van der Waals surface area contributed by atoms with Gasteiger partial charge in [-0.05, 0) is 41.9 Å². The predicted molar refractivity (Wildman–Crippen MR) is 71.5 cm³/mol. The van der Waals surface area contributed by atoms with Crippen molar-refractivity contribution in [1.82, 2.24) is 0 Å². The van der Waals surface area contributed by atoms with Crippen molar-refractivity contribution in [3.8, 4) is 0 Å². The van der Waals surface area contributed by atoms with E-state index in [-0.39, 0.29) is 12.3 Å². The molecule has 0 atom stereocenters. The van der Waals surface area contributed by atoms with Gasteiger partial charge >= 0.3 is 0 Å². The molecule has 6 heteroatoms. The van der Waals surface area contributed by atoms with E-state index in [4.69, 9.17) is 0 Å². The van der Waals surface area contributed by atoms with E-state index in [1.807, 2.05) is 0 Å². The molecule has 0 fully saturated rings. The van der Waals surface area contributed by atoms with Crippen LogP contribution < -0.4 is 5.32 Å². The number of benzene rings is 1. The number of nitrogens with one attached hydrogen (secondary N) is 1. The Kier molecular flexibility index (Phi) is 4.94. The SMILES string of the molecule is CC(C)S(=O)(=O)CCNc1c(F)cccc1Br. The van der Waals surface area contributed by atoms with Crippen molar-refractivity contribution in [3.63, 3.8) is 0 Å². The van der Waals surface area contributed by atoms with Crippen LogP contribution in [-0.2, 0) is 9.84 Å². The van der Waals surface area contributed by atoms with Crippen molar-refractivity contribution >= 4 is 31.5 Å². The third kappa shape index (κ3) is 3.96. The van der Waals surface area contributed by atoms with Crippen molar-refractivity contribution in [1.29, 1.82) is 0 Å². The van der Waals surface area contributed by atoms with Crippen LogP contribution in [0.2, 0.25) is 0 Å². The van der Waals surface area contributed by atoms with Gasteiger partial charge in [-0.1, -0.05) is 6.07 Å². The van der Waals surface area contributed by atoms with E-state index in [0.717, 1.165) is 0 Å². The minimum Gasteiger partial charge on any atom is -0.381 e. The molecular formula is C11H15BrFNO2S. The van der Waals surface area contributed by atoms with Gasteiger partial charge in [-0.25, -0.2) is 12.8 Å². The second-order valence-corrected chi connectivity index (χ2v) is 7.47. The molecule has 3 nitrogen and oxygen atoms in total. The lowest BCUT2D eigenvalue weighted by Crippen LogP contribution is -2.23. The zero-order valence-electron chi connectivity index (χ0n) is 9.70. The van der Waals surface area contributed by atoms with Crippen LogP contribution in [0.15, 0.2) is 22.7 Å². The number of sulfone groups is 1. The summed E-state index contributed by atoms with van der Waals surface area (Å²) < 4.78 is 37.1. The number of rotatable bonds is 5. The summed E-state index contributed by atoms with van der Waals surface area (Å²) in [5.41, 5.74) is 0.298. The molecule has 0 aromatic heterocycles. The van der Waals surface area contributed by atoms with Crippen LogP contribution in [0.25, 0.3) is 0 Å². The predicted octanol–water partition coefficient (Wildman–Crippen LogP) is 2.82. The summed E-state index contributed by atoms with van der Waals surface area (Å²) in [4.78, 5) is 0. The number of para-hydroxylation sites is 1. The molecule has 1 rings (SSSR count). The highest BCUT2D eigenvalue weighted by Gasteiger charge is 2.15. The third-order valence-corrected chi connectivity index (χ3v) is 5.24. The minimum absolute atomic E-state index is 0.00849. The fraction of sp³-hybridized carbons (Fsp3) is 0.455. The van der Waals surface area contributed by atoms with Gasteiger partial charge in [0, 0.05) is 11.0 Å². The van der Waals surface area contributed by atoms with Crippen LogP contribution in [0, 0.1) is 5.82 Å². The zero-order chi connectivity index (χ0) is 13.1. The molecule has 1 aromatic carbocycles. The Morgan fingerprint density at radius 2 is 2.06 bits per heavy atom. The molecule has 0 radical (unpaired) electrons. The maximum absolute atomic E-state index is 13.4. The van der Waals surface area contributed by atoms with Gasteiger partial charge in [0.25, 0.3) is 0 Å². The van der Waals surface area contributed by atoms with Gasteiger partial charge in [-0.3, -0.25) is 0 Å². The molecule has 0 spiro atoms. The van der Waals surface area contributed by atoms with Crippen molar-refractivity contribution in [3.05, 3.63) is 28.5 Å². The number of halogens is 2. The monoisotopic (exact) mass is 323 g/mol. The van der Waals surface area contributed by atoms with Gasteiger partial charge in [0.1, 0.15) is 5.82 Å². The summed E-state index contributed by atoms with van der Waals surface area (Å²) in [6.07, 6.45) is 0. The number of hydrogen-bond donors (Lipinski definition) is 1. The first-order chi connectivity index (χ1) is 7.84. The van der Waals surface area contributed by atoms with Crippen molar-refractivity contribution in [2.45, 2.75) is 19.1 Å². The second kappa shape index (κ2) is 5.82. The fourth-order valence-corrected chi connectivity index (χ4v) is 2.56. The smallest absolute Gasteiger partial charge is 0.154 e. The Balaban J connectivity index is 2.64. The Hall–Kier alpha value is -0.620. The van der Waals surface area contributed by atoms with Crippen LogP contribution in [0.3, 0.4) is 0 Å². The highest BCUT2D eigenvalue weighted by atomic mass is 79.9. The minimum atomic E-state index is -3.09. The first-order valence-electron chi connectivity index (χ1n) is 5.24. The van der Waals surface area contributed by atoms with Gasteiger partial charge in [-0.2, -0.15) is 0 Å². The Morgan fingerprint density at radius 1 is 1.41 bits per heavy atom. The lowest BCUT2D eigenvalue weighted by molar-refractivity contribution is 0.587. The molecule has 0 aliphatic rings. The van der Waals surface area contributed by atoms with E-state index >= 15 is 0 Å². The first kappa shape index (κ1) is 14.4. The number of anilines is 1. The molecule has 1 aromatic rings. The molecule has 0 saturated carbocycles. The van der Waals surface area contributed by atoms with E-state index in [0.29, 0.717) is 10.2 Å². The maximum Gasteiger partial charge on any atom is 0.154 e. The average molecular weight is 324 g/mol. The van der Waals surface area contributed by atoms with Gasteiger partial charge in [0.2, 0.25) is 0 Å². The van der Waals surface area contributed by atoms with E-state index in [1.165, 1.54) is 6.07 Å². The molecule has 1 N–H and O–H groups in total. The highest BCUT2D eigenvalue weighted by molar-refractivity contribution is 9.10. The van der Waals surface area contributed by atoms with Crippen molar-refractivity contribution in [2.75, 3.05) is 17.6 Å². The van der Waals surface area contributed by atoms with Gasteiger partial charge in [-0.15, -0.1) is 0 Å². The summed E-state index contributed by atoms with van der Waals surface area (Å²) in [5.74, 6) is -0.410. The molecule has 17 heavy (non-hydrogen) atoms. The molecule has 0 amide bonds. The van der Waals surface area contributed by atoms with Crippen LogP contribution in [-0.4, -0.2) is 26.0 Å². The summed E-state index contributed by atoms with van der Waals surface area (Å²) in [7, 11) is -3.09. The van der Waals surface area contributed by atoms with E-state index in [1.54, 1.807) is 26.0 Å². The highest BCUT2D eigenvalue weighted by Crippen LogP contribution is 2.24. The van der Waals surface area contributed by atoms with Crippen LogP contribution in [0.1, 0.15) is 13.8 Å². The standard InChI is InChI=1S/C11H15BrFNO2S/c1-8(2)17(15,16)7-6-14-11-9(12)4-3-5-10(11)13/h3-5,8,14H,6-7H2,1-2H3. The van der Waals surface area contributed by atoms with E-state index in [2.05, 4.69) is 21.2 Å². The van der Waals surface area contributed by atoms with Crippen LogP contribution >= 0.6 is 15.9 Å². The molecule has 0 aliphatic carbocycles.